The fourth-order valence-corrected chi connectivity index (χ4v) is 2.48. The molecular formula is C23H18FN3O3. The van der Waals surface area contributed by atoms with Gasteiger partial charge in [-0.3, -0.25) is 25.2 Å². The Hall–Kier alpha value is -4.26. The summed E-state index contributed by atoms with van der Waals surface area (Å²) in [6.45, 7) is 0. The number of amides is 3. The van der Waals surface area contributed by atoms with Crippen LogP contribution in [-0.4, -0.2) is 17.7 Å². The normalized spacial score (nSPS) is 10.4. The quantitative estimate of drug-likeness (QED) is 0.450. The number of rotatable bonds is 5. The minimum absolute atomic E-state index is 0.256. The zero-order valence-electron chi connectivity index (χ0n) is 15.8. The maximum Gasteiger partial charge on any atom is 0.269 e. The summed E-state index contributed by atoms with van der Waals surface area (Å²) in [6.07, 6.45) is 2.71. The molecule has 0 aromatic heterocycles. The van der Waals surface area contributed by atoms with Crippen molar-refractivity contribution in [2.45, 2.75) is 0 Å². The van der Waals surface area contributed by atoms with Crippen molar-refractivity contribution in [1.29, 1.82) is 0 Å². The molecule has 30 heavy (non-hydrogen) atoms. The van der Waals surface area contributed by atoms with E-state index in [2.05, 4.69) is 16.2 Å². The van der Waals surface area contributed by atoms with Crippen LogP contribution >= 0.6 is 0 Å². The molecule has 0 heterocycles. The van der Waals surface area contributed by atoms with Gasteiger partial charge in [-0.1, -0.05) is 30.3 Å². The average molecular weight is 403 g/mol. The molecule has 0 aliphatic carbocycles. The predicted octanol–water partition coefficient (Wildman–Crippen LogP) is 3.55. The first-order chi connectivity index (χ1) is 14.5. The van der Waals surface area contributed by atoms with Gasteiger partial charge in [0, 0.05) is 22.9 Å². The average Bonchev–Trinajstić information content (AvgIpc) is 2.78. The molecule has 3 amide bonds. The molecule has 0 radical (unpaired) electrons. The van der Waals surface area contributed by atoms with Gasteiger partial charge in [-0.25, -0.2) is 4.39 Å². The number of hydrogen-bond donors (Lipinski definition) is 3. The molecule has 3 N–H and O–H groups in total. The minimum atomic E-state index is -0.542. The summed E-state index contributed by atoms with van der Waals surface area (Å²) in [5.74, 6) is -1.68. The van der Waals surface area contributed by atoms with Crippen LogP contribution in [0.1, 0.15) is 26.3 Å². The first-order valence-corrected chi connectivity index (χ1v) is 9.02. The van der Waals surface area contributed by atoms with Gasteiger partial charge in [-0.15, -0.1) is 0 Å². The fraction of sp³-hybridized carbons (Fsp3) is 0. The van der Waals surface area contributed by atoms with Crippen LogP contribution in [0.25, 0.3) is 6.08 Å². The molecule has 0 atom stereocenters. The lowest BCUT2D eigenvalue weighted by molar-refractivity contribution is -0.117. The number of carbonyl (C=O) groups is 3. The maximum atomic E-state index is 12.8. The van der Waals surface area contributed by atoms with E-state index in [1.807, 2.05) is 6.07 Å². The Bertz CT molecular complexity index is 1060. The van der Waals surface area contributed by atoms with E-state index in [1.54, 1.807) is 36.4 Å². The number of halogens is 1. The van der Waals surface area contributed by atoms with Crippen LogP contribution in [0.15, 0.2) is 84.9 Å². The molecule has 0 fully saturated rings. The zero-order chi connectivity index (χ0) is 21.3. The topological polar surface area (TPSA) is 87.3 Å². The SMILES string of the molecule is O=C(C=Cc1ccc(F)cc1)NNC(=O)c1ccc(NC(=O)c2ccccc2)cc1. The van der Waals surface area contributed by atoms with E-state index in [0.717, 1.165) is 0 Å². The van der Waals surface area contributed by atoms with Gasteiger partial charge in [-0.2, -0.15) is 0 Å². The first kappa shape index (κ1) is 20.5. The molecule has 0 saturated carbocycles. The number of carbonyl (C=O) groups excluding carboxylic acids is 3. The van der Waals surface area contributed by atoms with Crippen LogP contribution < -0.4 is 16.2 Å². The van der Waals surface area contributed by atoms with Crippen LogP contribution in [0.3, 0.4) is 0 Å². The predicted molar refractivity (Wildman–Crippen MR) is 112 cm³/mol. The van der Waals surface area contributed by atoms with Crippen molar-refractivity contribution in [3.63, 3.8) is 0 Å². The lowest BCUT2D eigenvalue weighted by Gasteiger charge is -2.08. The Morgan fingerprint density at radius 2 is 1.33 bits per heavy atom. The van der Waals surface area contributed by atoms with Crippen molar-refractivity contribution < 1.29 is 18.8 Å². The standard InChI is InChI=1S/C23H18FN3O3/c24-19-11-6-16(7-12-19)8-15-21(28)26-27-23(30)18-9-13-20(14-10-18)25-22(29)17-4-2-1-3-5-17/h1-15H,(H,25,29)(H,26,28)(H,27,30). The van der Waals surface area contributed by atoms with Gasteiger partial charge in [0.2, 0.25) is 0 Å². The number of benzene rings is 3. The maximum absolute atomic E-state index is 12.8. The van der Waals surface area contributed by atoms with E-state index in [9.17, 15) is 18.8 Å². The van der Waals surface area contributed by atoms with Crippen LogP contribution in [0.5, 0.6) is 0 Å². The molecule has 0 unspecified atom stereocenters. The van der Waals surface area contributed by atoms with Gasteiger partial charge < -0.3 is 5.32 Å². The second kappa shape index (κ2) is 9.79. The largest absolute Gasteiger partial charge is 0.322 e. The van der Waals surface area contributed by atoms with Crippen molar-refractivity contribution in [1.82, 2.24) is 10.9 Å². The number of hydrazine groups is 1. The van der Waals surface area contributed by atoms with E-state index < -0.39 is 11.8 Å². The van der Waals surface area contributed by atoms with E-state index in [4.69, 9.17) is 0 Å². The van der Waals surface area contributed by atoms with Crippen molar-refractivity contribution in [2.75, 3.05) is 5.32 Å². The summed E-state index contributed by atoms with van der Waals surface area (Å²) in [5, 5.41) is 2.74. The lowest BCUT2D eigenvalue weighted by Crippen LogP contribution is -2.40. The number of hydrogen-bond acceptors (Lipinski definition) is 3. The van der Waals surface area contributed by atoms with Gasteiger partial charge in [-0.05, 0) is 60.2 Å². The second-order valence-corrected chi connectivity index (χ2v) is 6.23. The van der Waals surface area contributed by atoms with Crippen LogP contribution in [0.4, 0.5) is 10.1 Å². The fourth-order valence-electron chi connectivity index (χ4n) is 2.48. The molecule has 0 spiro atoms. The molecule has 0 aliphatic rings. The molecule has 0 saturated heterocycles. The van der Waals surface area contributed by atoms with Gasteiger partial charge in [0.05, 0.1) is 0 Å². The molecule has 0 bridgehead atoms. The Kier molecular flexibility index (Phi) is 6.68. The highest BCUT2D eigenvalue weighted by Gasteiger charge is 2.08. The Balaban J connectivity index is 1.50. The zero-order valence-corrected chi connectivity index (χ0v) is 15.8. The first-order valence-electron chi connectivity index (χ1n) is 9.02. The van der Waals surface area contributed by atoms with Crippen molar-refractivity contribution in [3.05, 3.63) is 107 Å². The van der Waals surface area contributed by atoms with Gasteiger partial charge in [0.15, 0.2) is 0 Å². The van der Waals surface area contributed by atoms with E-state index in [1.165, 1.54) is 48.6 Å². The molecule has 3 rings (SSSR count). The summed E-state index contributed by atoms with van der Waals surface area (Å²) in [7, 11) is 0. The van der Waals surface area contributed by atoms with Crippen LogP contribution in [0.2, 0.25) is 0 Å². The Morgan fingerprint density at radius 1 is 0.700 bits per heavy atom. The van der Waals surface area contributed by atoms with Crippen LogP contribution in [0, 0.1) is 5.82 Å². The highest BCUT2D eigenvalue weighted by molar-refractivity contribution is 6.04. The number of nitrogens with one attached hydrogen (secondary N) is 3. The van der Waals surface area contributed by atoms with E-state index in [-0.39, 0.29) is 11.7 Å². The smallest absolute Gasteiger partial charge is 0.269 e. The van der Waals surface area contributed by atoms with Gasteiger partial charge in [0.1, 0.15) is 5.82 Å². The Labute approximate surface area is 172 Å². The summed E-state index contributed by atoms with van der Waals surface area (Å²) >= 11 is 0. The molecule has 7 heteroatoms. The Morgan fingerprint density at radius 3 is 2.00 bits per heavy atom. The molecule has 3 aromatic carbocycles. The minimum Gasteiger partial charge on any atom is -0.322 e. The van der Waals surface area contributed by atoms with Crippen molar-refractivity contribution >= 4 is 29.5 Å². The van der Waals surface area contributed by atoms with Gasteiger partial charge >= 0.3 is 0 Å². The summed E-state index contributed by atoms with van der Waals surface area (Å²) < 4.78 is 12.8. The third kappa shape index (κ3) is 5.87. The highest BCUT2D eigenvalue weighted by atomic mass is 19.1. The lowest BCUT2D eigenvalue weighted by atomic mass is 10.1. The van der Waals surface area contributed by atoms with Gasteiger partial charge in [0.25, 0.3) is 17.7 Å². The summed E-state index contributed by atoms with van der Waals surface area (Å²) in [6, 6.07) is 20.6. The number of anilines is 1. The molecular weight excluding hydrogens is 385 g/mol. The second-order valence-electron chi connectivity index (χ2n) is 6.23. The third-order valence-electron chi connectivity index (χ3n) is 4.04. The van der Waals surface area contributed by atoms with Crippen LogP contribution in [-0.2, 0) is 4.79 Å². The monoisotopic (exact) mass is 403 g/mol. The molecule has 3 aromatic rings. The highest BCUT2D eigenvalue weighted by Crippen LogP contribution is 2.11. The molecule has 0 aliphatic heterocycles. The summed E-state index contributed by atoms with van der Waals surface area (Å²) in [4.78, 5) is 36.1. The third-order valence-corrected chi connectivity index (χ3v) is 4.04. The molecule has 6 nitrogen and oxygen atoms in total. The summed E-state index contributed by atoms with van der Waals surface area (Å²) in [5.41, 5.74) is 6.56. The van der Waals surface area contributed by atoms with Crippen molar-refractivity contribution in [3.8, 4) is 0 Å². The van der Waals surface area contributed by atoms with E-state index in [0.29, 0.717) is 22.4 Å². The van der Waals surface area contributed by atoms with E-state index >= 15 is 0 Å². The molecule has 150 valence electrons. The van der Waals surface area contributed by atoms with Crippen molar-refractivity contribution in [2.24, 2.45) is 0 Å².